The summed E-state index contributed by atoms with van der Waals surface area (Å²) in [5.41, 5.74) is 0.718. The summed E-state index contributed by atoms with van der Waals surface area (Å²) in [6, 6.07) is 0. The first kappa shape index (κ1) is 8.47. The van der Waals surface area contributed by atoms with Gasteiger partial charge in [-0.15, -0.1) is 0 Å². The number of rotatable bonds is 3. The molecule has 0 saturated heterocycles. The van der Waals surface area contributed by atoms with E-state index in [0.717, 1.165) is 12.1 Å². The summed E-state index contributed by atoms with van der Waals surface area (Å²) in [5, 5.41) is 3.70. The highest BCUT2D eigenvalue weighted by Gasteiger charge is 1.94. The van der Waals surface area contributed by atoms with E-state index in [2.05, 4.69) is 19.0 Å². The van der Waals surface area contributed by atoms with Gasteiger partial charge in [0.1, 0.15) is 6.10 Å². The standard InChI is InChI=1S/C7H14NO/c1-5-7(4)9-8-6(2)3/h7H,2,5H2,1,3-4H3/b8-6+. The molecule has 0 aromatic heterocycles. The minimum Gasteiger partial charge on any atom is -0.393 e. The molecule has 0 aromatic rings. The molecule has 0 rings (SSSR count). The Morgan fingerprint density at radius 2 is 2.33 bits per heavy atom. The fraction of sp³-hybridized carbons (Fsp3) is 0.714. The van der Waals surface area contributed by atoms with Gasteiger partial charge in [-0.3, -0.25) is 0 Å². The Morgan fingerprint density at radius 3 is 2.67 bits per heavy atom. The van der Waals surface area contributed by atoms with Crippen molar-refractivity contribution in [3.63, 3.8) is 0 Å². The molecule has 0 aliphatic carbocycles. The fourth-order valence-electron chi connectivity index (χ4n) is 0.254. The lowest BCUT2D eigenvalue weighted by Gasteiger charge is -2.04. The highest BCUT2D eigenvalue weighted by atomic mass is 16.6. The lowest BCUT2D eigenvalue weighted by molar-refractivity contribution is 0.0700. The van der Waals surface area contributed by atoms with Gasteiger partial charge in [-0.2, -0.15) is 0 Å². The molecule has 53 valence electrons. The summed E-state index contributed by atoms with van der Waals surface area (Å²) in [5.74, 6) is 0. The van der Waals surface area contributed by atoms with Crippen LogP contribution in [0.25, 0.3) is 0 Å². The van der Waals surface area contributed by atoms with Crippen molar-refractivity contribution in [1.29, 1.82) is 0 Å². The molecule has 0 amide bonds. The molecule has 1 radical (unpaired) electrons. The van der Waals surface area contributed by atoms with Crippen LogP contribution in [-0.2, 0) is 4.84 Å². The van der Waals surface area contributed by atoms with Crippen molar-refractivity contribution in [3.8, 4) is 0 Å². The maximum atomic E-state index is 4.98. The molecule has 2 nitrogen and oxygen atoms in total. The summed E-state index contributed by atoms with van der Waals surface area (Å²) in [7, 11) is 0. The maximum absolute atomic E-state index is 4.98. The van der Waals surface area contributed by atoms with Gasteiger partial charge in [-0.1, -0.05) is 12.1 Å². The van der Waals surface area contributed by atoms with Gasteiger partial charge >= 0.3 is 0 Å². The van der Waals surface area contributed by atoms with Gasteiger partial charge in [0.25, 0.3) is 0 Å². The number of hydrogen-bond donors (Lipinski definition) is 0. The van der Waals surface area contributed by atoms with Gasteiger partial charge in [0.15, 0.2) is 0 Å². The molecule has 0 heterocycles. The van der Waals surface area contributed by atoms with Crippen LogP contribution in [0.4, 0.5) is 0 Å². The minimum atomic E-state index is 0.210. The summed E-state index contributed by atoms with van der Waals surface area (Å²) < 4.78 is 0. The van der Waals surface area contributed by atoms with Crippen molar-refractivity contribution in [2.24, 2.45) is 5.16 Å². The van der Waals surface area contributed by atoms with Crippen molar-refractivity contribution in [1.82, 2.24) is 0 Å². The fourth-order valence-corrected chi connectivity index (χ4v) is 0.254. The van der Waals surface area contributed by atoms with E-state index in [1.54, 1.807) is 0 Å². The average Bonchev–Trinajstić information content (AvgIpc) is 1.83. The van der Waals surface area contributed by atoms with Gasteiger partial charge in [0, 0.05) is 0 Å². The van der Waals surface area contributed by atoms with Crippen LogP contribution in [0.1, 0.15) is 27.2 Å². The van der Waals surface area contributed by atoms with Gasteiger partial charge in [0.05, 0.1) is 5.71 Å². The Bertz CT molecular complexity index is 95.1. The van der Waals surface area contributed by atoms with Crippen LogP contribution >= 0.6 is 0 Å². The van der Waals surface area contributed by atoms with E-state index in [9.17, 15) is 0 Å². The van der Waals surface area contributed by atoms with E-state index < -0.39 is 0 Å². The molecule has 0 spiro atoms. The van der Waals surface area contributed by atoms with Gasteiger partial charge in [-0.05, 0) is 27.2 Å². The first-order valence-electron chi connectivity index (χ1n) is 3.19. The zero-order valence-electron chi connectivity index (χ0n) is 6.35. The number of hydrogen-bond acceptors (Lipinski definition) is 2. The van der Waals surface area contributed by atoms with E-state index in [1.807, 2.05) is 13.8 Å². The van der Waals surface area contributed by atoms with E-state index >= 15 is 0 Å². The minimum absolute atomic E-state index is 0.210. The Morgan fingerprint density at radius 1 is 1.78 bits per heavy atom. The van der Waals surface area contributed by atoms with Crippen LogP contribution in [-0.4, -0.2) is 11.8 Å². The summed E-state index contributed by atoms with van der Waals surface area (Å²) >= 11 is 0. The van der Waals surface area contributed by atoms with Crippen LogP contribution in [0.3, 0.4) is 0 Å². The number of nitrogens with zero attached hydrogens (tertiary/aromatic N) is 1. The second kappa shape index (κ2) is 4.36. The molecular weight excluding hydrogens is 114 g/mol. The quantitative estimate of drug-likeness (QED) is 0.421. The van der Waals surface area contributed by atoms with Gasteiger partial charge < -0.3 is 4.84 Å². The van der Waals surface area contributed by atoms with Crippen LogP contribution in [0, 0.1) is 6.92 Å². The van der Waals surface area contributed by atoms with E-state index in [1.165, 1.54) is 0 Å². The largest absolute Gasteiger partial charge is 0.393 e. The SMILES string of the molecule is [CH2]/C(C)=N\OC(C)CC. The third-order valence-corrected chi connectivity index (χ3v) is 0.963. The van der Waals surface area contributed by atoms with Gasteiger partial charge in [0.2, 0.25) is 0 Å². The lowest BCUT2D eigenvalue weighted by atomic mass is 10.3. The monoisotopic (exact) mass is 128 g/mol. The third-order valence-electron chi connectivity index (χ3n) is 0.963. The summed E-state index contributed by atoms with van der Waals surface area (Å²) in [4.78, 5) is 4.98. The normalized spacial score (nSPS) is 15.3. The van der Waals surface area contributed by atoms with Crippen LogP contribution in [0.5, 0.6) is 0 Å². The molecule has 1 unspecified atom stereocenters. The van der Waals surface area contributed by atoms with Crippen LogP contribution in [0.2, 0.25) is 0 Å². The first-order chi connectivity index (χ1) is 4.16. The maximum Gasteiger partial charge on any atom is 0.124 e. The van der Waals surface area contributed by atoms with Crippen molar-refractivity contribution in [2.75, 3.05) is 0 Å². The molecule has 2 heteroatoms. The zero-order chi connectivity index (χ0) is 7.28. The third kappa shape index (κ3) is 5.34. The molecule has 0 N–H and O–H groups in total. The predicted octanol–water partition coefficient (Wildman–Crippen LogP) is 2.01. The predicted molar refractivity (Wildman–Crippen MR) is 39.3 cm³/mol. The molecule has 0 aliphatic rings. The Kier molecular flexibility index (Phi) is 4.10. The van der Waals surface area contributed by atoms with E-state index in [0.29, 0.717) is 0 Å². The molecular formula is C7H14NO. The molecule has 0 aromatic carbocycles. The second-order valence-electron chi connectivity index (χ2n) is 2.15. The van der Waals surface area contributed by atoms with E-state index in [4.69, 9.17) is 4.84 Å². The van der Waals surface area contributed by atoms with Crippen molar-refractivity contribution >= 4 is 5.71 Å². The Labute approximate surface area is 56.9 Å². The van der Waals surface area contributed by atoms with E-state index in [-0.39, 0.29) is 6.10 Å². The molecule has 0 aliphatic heterocycles. The van der Waals surface area contributed by atoms with Crippen molar-refractivity contribution in [2.45, 2.75) is 33.3 Å². The molecule has 0 saturated carbocycles. The highest BCUT2D eigenvalue weighted by molar-refractivity contribution is 5.85. The second-order valence-corrected chi connectivity index (χ2v) is 2.15. The lowest BCUT2D eigenvalue weighted by Crippen LogP contribution is -2.02. The topological polar surface area (TPSA) is 21.6 Å². The summed E-state index contributed by atoms with van der Waals surface area (Å²) in [6.07, 6.45) is 1.19. The summed E-state index contributed by atoms with van der Waals surface area (Å²) in [6.45, 7) is 9.41. The van der Waals surface area contributed by atoms with Gasteiger partial charge in [-0.25, -0.2) is 0 Å². The Balaban J connectivity index is 3.37. The van der Waals surface area contributed by atoms with Crippen molar-refractivity contribution < 1.29 is 4.84 Å². The Hall–Kier alpha value is -0.530. The molecule has 0 fully saturated rings. The first-order valence-corrected chi connectivity index (χ1v) is 3.19. The smallest absolute Gasteiger partial charge is 0.124 e. The molecule has 1 atom stereocenters. The molecule has 9 heavy (non-hydrogen) atoms. The van der Waals surface area contributed by atoms with Crippen LogP contribution in [0.15, 0.2) is 5.16 Å². The number of oxime groups is 1. The average molecular weight is 128 g/mol. The zero-order valence-corrected chi connectivity index (χ0v) is 6.35. The van der Waals surface area contributed by atoms with Crippen molar-refractivity contribution in [3.05, 3.63) is 6.92 Å². The molecule has 0 bridgehead atoms. The van der Waals surface area contributed by atoms with Crippen LogP contribution < -0.4 is 0 Å². The highest BCUT2D eigenvalue weighted by Crippen LogP contribution is 1.95.